The van der Waals surface area contributed by atoms with E-state index in [2.05, 4.69) is 53.5 Å². The van der Waals surface area contributed by atoms with E-state index < -0.39 is 0 Å². The standard InChI is InChI=1S/C26H28ClN3O/c1-17-8-10-19(30-15-20(16-30)29(2)3)14-22(17)25(31)28-26(12-13-26)24-21-7-5-4-6-18(21)9-11-23(24)27/h4-11,14,20H,12-13,15-16H2,1-3H3,(H,28,31). The molecule has 2 aliphatic rings. The number of rotatable bonds is 5. The van der Waals surface area contributed by atoms with E-state index in [0.717, 1.165) is 64.1 Å². The van der Waals surface area contributed by atoms with Crippen molar-refractivity contribution >= 4 is 34.0 Å². The molecule has 1 N–H and O–H groups in total. The number of anilines is 1. The normalized spacial score (nSPS) is 17.6. The van der Waals surface area contributed by atoms with Crippen LogP contribution in [-0.4, -0.2) is 44.0 Å². The van der Waals surface area contributed by atoms with Crippen molar-refractivity contribution in [2.24, 2.45) is 0 Å². The number of carbonyl (C=O) groups is 1. The summed E-state index contributed by atoms with van der Waals surface area (Å²) in [7, 11) is 4.23. The van der Waals surface area contributed by atoms with Crippen LogP contribution in [0.1, 0.15) is 34.3 Å². The van der Waals surface area contributed by atoms with Crippen LogP contribution < -0.4 is 10.2 Å². The molecular formula is C26H28ClN3O. The Morgan fingerprint density at radius 1 is 1.10 bits per heavy atom. The molecule has 3 aromatic carbocycles. The summed E-state index contributed by atoms with van der Waals surface area (Å²) in [6.45, 7) is 3.99. The summed E-state index contributed by atoms with van der Waals surface area (Å²) in [5.74, 6) is -0.0227. The molecule has 1 saturated heterocycles. The van der Waals surface area contributed by atoms with E-state index in [1.54, 1.807) is 0 Å². The number of carbonyl (C=O) groups excluding carboxylic acids is 1. The van der Waals surface area contributed by atoms with Gasteiger partial charge in [0.15, 0.2) is 0 Å². The molecule has 160 valence electrons. The highest BCUT2D eigenvalue weighted by molar-refractivity contribution is 6.32. The lowest BCUT2D eigenvalue weighted by Gasteiger charge is -2.44. The highest BCUT2D eigenvalue weighted by Gasteiger charge is 2.48. The van der Waals surface area contributed by atoms with E-state index >= 15 is 0 Å². The molecule has 0 atom stereocenters. The Kier molecular flexibility index (Phi) is 4.95. The summed E-state index contributed by atoms with van der Waals surface area (Å²) < 4.78 is 0. The van der Waals surface area contributed by atoms with Gasteiger partial charge < -0.3 is 15.1 Å². The first kappa shape index (κ1) is 20.3. The van der Waals surface area contributed by atoms with E-state index in [1.807, 2.05) is 37.3 Å². The third-order valence-electron chi connectivity index (χ3n) is 6.88. The van der Waals surface area contributed by atoms with E-state index in [0.29, 0.717) is 6.04 Å². The van der Waals surface area contributed by atoms with Gasteiger partial charge in [0.25, 0.3) is 5.91 Å². The Labute approximate surface area is 188 Å². The molecule has 1 aliphatic heterocycles. The van der Waals surface area contributed by atoms with Gasteiger partial charge in [0, 0.05) is 41.0 Å². The van der Waals surface area contributed by atoms with Gasteiger partial charge in [0.1, 0.15) is 0 Å². The molecule has 5 rings (SSSR count). The second kappa shape index (κ2) is 7.54. The fourth-order valence-corrected chi connectivity index (χ4v) is 4.97. The molecule has 0 radical (unpaired) electrons. The average Bonchev–Trinajstić information content (AvgIpc) is 3.47. The van der Waals surface area contributed by atoms with Crippen LogP contribution in [0, 0.1) is 6.92 Å². The van der Waals surface area contributed by atoms with Crippen molar-refractivity contribution < 1.29 is 4.79 Å². The number of nitrogens with one attached hydrogen (secondary N) is 1. The van der Waals surface area contributed by atoms with Crippen molar-refractivity contribution in [3.8, 4) is 0 Å². The number of hydrogen-bond donors (Lipinski definition) is 1. The summed E-state index contributed by atoms with van der Waals surface area (Å²) >= 11 is 6.66. The molecule has 0 unspecified atom stereocenters. The second-order valence-electron chi connectivity index (χ2n) is 9.20. The molecule has 1 heterocycles. The maximum Gasteiger partial charge on any atom is 0.252 e. The monoisotopic (exact) mass is 433 g/mol. The predicted octanol–water partition coefficient (Wildman–Crippen LogP) is 4.97. The van der Waals surface area contributed by atoms with Crippen molar-refractivity contribution in [3.63, 3.8) is 0 Å². The first-order chi connectivity index (χ1) is 14.9. The van der Waals surface area contributed by atoms with Crippen molar-refractivity contribution in [2.45, 2.75) is 31.3 Å². The van der Waals surface area contributed by atoms with E-state index in [4.69, 9.17) is 11.6 Å². The lowest BCUT2D eigenvalue weighted by atomic mass is 9.96. The quantitative estimate of drug-likeness (QED) is 0.617. The Balaban J connectivity index is 1.42. The lowest BCUT2D eigenvalue weighted by molar-refractivity contribution is 0.0930. The second-order valence-corrected chi connectivity index (χ2v) is 9.61. The van der Waals surface area contributed by atoms with Crippen LogP contribution in [0.25, 0.3) is 10.8 Å². The Morgan fingerprint density at radius 3 is 2.55 bits per heavy atom. The van der Waals surface area contributed by atoms with Crippen LogP contribution in [0.3, 0.4) is 0 Å². The zero-order chi connectivity index (χ0) is 21.8. The molecule has 1 amide bonds. The van der Waals surface area contributed by atoms with Gasteiger partial charge in [-0.15, -0.1) is 0 Å². The minimum atomic E-state index is -0.385. The van der Waals surface area contributed by atoms with E-state index in [1.165, 1.54) is 0 Å². The summed E-state index contributed by atoms with van der Waals surface area (Å²) in [6.07, 6.45) is 1.81. The summed E-state index contributed by atoms with van der Waals surface area (Å²) in [4.78, 5) is 18.0. The number of fused-ring (bicyclic) bond motifs is 1. The number of halogens is 1. The van der Waals surface area contributed by atoms with Gasteiger partial charge in [-0.2, -0.15) is 0 Å². The zero-order valence-corrected chi connectivity index (χ0v) is 19.0. The Bertz CT molecular complexity index is 1160. The molecule has 4 nitrogen and oxygen atoms in total. The van der Waals surface area contributed by atoms with E-state index in [-0.39, 0.29) is 11.4 Å². The van der Waals surface area contributed by atoms with Gasteiger partial charge in [0.2, 0.25) is 0 Å². The first-order valence-electron chi connectivity index (χ1n) is 10.9. The van der Waals surface area contributed by atoms with Crippen LogP contribution >= 0.6 is 11.6 Å². The van der Waals surface area contributed by atoms with Crippen molar-refractivity contribution in [1.82, 2.24) is 10.2 Å². The van der Waals surface area contributed by atoms with Crippen LogP contribution in [0.4, 0.5) is 5.69 Å². The molecule has 2 fully saturated rings. The Hall–Kier alpha value is -2.56. The minimum Gasteiger partial charge on any atom is -0.368 e. The average molecular weight is 434 g/mol. The van der Waals surface area contributed by atoms with E-state index in [9.17, 15) is 4.79 Å². The number of hydrogen-bond acceptors (Lipinski definition) is 3. The summed E-state index contributed by atoms with van der Waals surface area (Å²) in [5.41, 5.74) is 3.51. The largest absolute Gasteiger partial charge is 0.368 e. The molecule has 0 aromatic heterocycles. The van der Waals surface area contributed by atoms with Gasteiger partial charge in [-0.3, -0.25) is 4.79 Å². The van der Waals surface area contributed by atoms with Crippen molar-refractivity contribution in [3.05, 3.63) is 76.3 Å². The maximum absolute atomic E-state index is 13.4. The fraction of sp³-hybridized carbons (Fsp3) is 0.346. The zero-order valence-electron chi connectivity index (χ0n) is 18.3. The smallest absolute Gasteiger partial charge is 0.252 e. The molecule has 0 bridgehead atoms. The number of nitrogens with zero attached hydrogens (tertiary/aromatic N) is 2. The van der Waals surface area contributed by atoms with Gasteiger partial charge in [-0.05, 0) is 68.4 Å². The van der Waals surface area contributed by atoms with Crippen molar-refractivity contribution in [2.75, 3.05) is 32.1 Å². The van der Waals surface area contributed by atoms with Crippen LogP contribution in [0.5, 0.6) is 0 Å². The molecule has 5 heteroatoms. The number of aryl methyl sites for hydroxylation is 1. The number of likely N-dealkylation sites (N-methyl/N-ethyl adjacent to an activating group) is 1. The first-order valence-corrected chi connectivity index (χ1v) is 11.3. The summed E-state index contributed by atoms with van der Waals surface area (Å²) in [6, 6.07) is 19.0. The molecule has 1 saturated carbocycles. The summed E-state index contributed by atoms with van der Waals surface area (Å²) in [5, 5.41) is 6.34. The SMILES string of the molecule is Cc1ccc(N2CC(N(C)C)C2)cc1C(=O)NC1(c2c(Cl)ccc3ccccc23)CC1. The van der Waals surface area contributed by atoms with Gasteiger partial charge in [0.05, 0.1) is 5.54 Å². The predicted molar refractivity (Wildman–Crippen MR) is 128 cm³/mol. The molecule has 31 heavy (non-hydrogen) atoms. The third-order valence-corrected chi connectivity index (χ3v) is 7.20. The molecule has 1 aliphatic carbocycles. The highest BCUT2D eigenvalue weighted by Crippen LogP contribution is 2.50. The van der Waals surface area contributed by atoms with Gasteiger partial charge in [-0.25, -0.2) is 0 Å². The molecular weight excluding hydrogens is 406 g/mol. The minimum absolute atomic E-state index is 0.0227. The maximum atomic E-state index is 13.4. The van der Waals surface area contributed by atoms with Crippen LogP contribution in [0.2, 0.25) is 5.02 Å². The fourth-order valence-electron chi connectivity index (χ4n) is 4.62. The number of benzene rings is 3. The van der Waals surface area contributed by atoms with Gasteiger partial charge in [-0.1, -0.05) is 48.0 Å². The number of amides is 1. The highest BCUT2D eigenvalue weighted by atomic mass is 35.5. The van der Waals surface area contributed by atoms with Crippen LogP contribution in [-0.2, 0) is 5.54 Å². The third kappa shape index (κ3) is 3.58. The molecule has 3 aromatic rings. The topological polar surface area (TPSA) is 35.6 Å². The van der Waals surface area contributed by atoms with Crippen molar-refractivity contribution in [1.29, 1.82) is 0 Å². The molecule has 0 spiro atoms. The van der Waals surface area contributed by atoms with Crippen LogP contribution in [0.15, 0.2) is 54.6 Å². The Morgan fingerprint density at radius 2 is 1.84 bits per heavy atom. The van der Waals surface area contributed by atoms with Gasteiger partial charge >= 0.3 is 0 Å². The lowest BCUT2D eigenvalue weighted by Crippen LogP contribution is -2.57.